The number of anilines is 1. The zero-order valence-corrected chi connectivity index (χ0v) is 19.5. The van der Waals surface area contributed by atoms with E-state index in [1.807, 2.05) is 0 Å². The van der Waals surface area contributed by atoms with Gasteiger partial charge in [-0.15, -0.1) is 0 Å². The summed E-state index contributed by atoms with van der Waals surface area (Å²) in [4.78, 5) is 31.6. The molecule has 0 aliphatic carbocycles. The second-order valence-corrected chi connectivity index (χ2v) is 8.12. The van der Waals surface area contributed by atoms with Crippen LogP contribution in [0.1, 0.15) is 17.2 Å². The first-order valence-corrected chi connectivity index (χ1v) is 10.7. The van der Waals surface area contributed by atoms with Gasteiger partial charge < -0.3 is 19.7 Å². The number of methoxy groups -OCH3 is 2. The first-order chi connectivity index (χ1) is 16.3. The van der Waals surface area contributed by atoms with Crippen LogP contribution < -0.4 is 14.4 Å². The van der Waals surface area contributed by atoms with E-state index < -0.39 is 23.5 Å². The summed E-state index contributed by atoms with van der Waals surface area (Å²) in [7, 11) is 2.80. The molecule has 1 unspecified atom stereocenters. The molecule has 0 radical (unpaired) electrons. The predicted molar refractivity (Wildman–Crippen MR) is 127 cm³/mol. The maximum Gasteiger partial charge on any atom is 0.300 e. The van der Waals surface area contributed by atoms with Crippen molar-refractivity contribution < 1.29 is 29.3 Å². The molecule has 2 heterocycles. The SMILES string of the molecule is COc1cc(OC)c(/C(O)=C2\C(=O)C(=O)N(c3cc(Cl)ccc3O)C2c2cccnc2)cc1Cl. The first-order valence-electron chi connectivity index (χ1n) is 9.89. The van der Waals surface area contributed by atoms with Crippen LogP contribution in [-0.2, 0) is 9.59 Å². The third kappa shape index (κ3) is 3.91. The van der Waals surface area contributed by atoms with Crippen molar-refractivity contribution in [2.24, 2.45) is 0 Å². The number of rotatable bonds is 5. The second kappa shape index (κ2) is 9.24. The molecule has 1 atom stereocenters. The Morgan fingerprint density at radius 3 is 2.44 bits per heavy atom. The van der Waals surface area contributed by atoms with E-state index in [0.717, 1.165) is 4.90 Å². The fraction of sp³-hybridized carbons (Fsp3) is 0.125. The number of hydrogen-bond donors (Lipinski definition) is 2. The van der Waals surface area contributed by atoms with Gasteiger partial charge in [0.2, 0.25) is 0 Å². The number of carbonyl (C=O) groups excluding carboxylic acids is 2. The molecule has 2 aromatic carbocycles. The largest absolute Gasteiger partial charge is 0.507 e. The van der Waals surface area contributed by atoms with Crippen LogP contribution in [0, 0.1) is 0 Å². The number of hydrogen-bond acceptors (Lipinski definition) is 7. The van der Waals surface area contributed by atoms with Crippen LogP contribution in [0.15, 0.2) is 60.4 Å². The number of amides is 1. The maximum atomic E-state index is 13.2. The van der Waals surface area contributed by atoms with Crippen molar-refractivity contribution in [1.29, 1.82) is 0 Å². The number of ether oxygens (including phenoxy) is 2. The lowest BCUT2D eigenvalue weighted by Crippen LogP contribution is -2.29. The molecule has 0 spiro atoms. The number of ketones is 1. The number of phenolic OH excluding ortho intramolecular Hbond substituents is 1. The minimum absolute atomic E-state index is 0.00207. The Hall–Kier alpha value is -3.75. The van der Waals surface area contributed by atoms with Gasteiger partial charge in [0.15, 0.2) is 0 Å². The van der Waals surface area contributed by atoms with Gasteiger partial charge in [-0.3, -0.25) is 19.5 Å². The number of benzene rings is 2. The number of halogens is 2. The molecular weight excluding hydrogens is 483 g/mol. The molecule has 0 saturated carbocycles. The van der Waals surface area contributed by atoms with Crippen LogP contribution in [0.3, 0.4) is 0 Å². The van der Waals surface area contributed by atoms with E-state index in [-0.39, 0.29) is 38.4 Å². The average molecular weight is 501 g/mol. The van der Waals surface area contributed by atoms with Gasteiger partial charge in [0.1, 0.15) is 23.0 Å². The highest BCUT2D eigenvalue weighted by Gasteiger charge is 2.48. The summed E-state index contributed by atoms with van der Waals surface area (Å²) in [6, 6.07) is 9.08. The zero-order chi connectivity index (χ0) is 24.6. The average Bonchev–Trinajstić information content (AvgIpc) is 3.10. The number of aromatic hydroxyl groups is 1. The van der Waals surface area contributed by atoms with Crippen molar-refractivity contribution in [3.63, 3.8) is 0 Å². The summed E-state index contributed by atoms with van der Waals surface area (Å²) < 4.78 is 10.5. The predicted octanol–water partition coefficient (Wildman–Crippen LogP) is 4.74. The summed E-state index contributed by atoms with van der Waals surface area (Å²) in [6.45, 7) is 0. The summed E-state index contributed by atoms with van der Waals surface area (Å²) in [6.07, 6.45) is 2.98. The van der Waals surface area contributed by atoms with Crippen LogP contribution in [-0.4, -0.2) is 41.1 Å². The number of Topliss-reactive ketones (excluding diaryl/α,β-unsaturated/α-hetero) is 1. The summed E-state index contributed by atoms with van der Waals surface area (Å²) in [5.41, 5.74) is 0.260. The van der Waals surface area contributed by atoms with Crippen molar-refractivity contribution in [2.75, 3.05) is 19.1 Å². The third-order valence-electron chi connectivity index (χ3n) is 5.37. The van der Waals surface area contributed by atoms with Gasteiger partial charge in [0.05, 0.1) is 42.1 Å². The minimum atomic E-state index is -1.12. The minimum Gasteiger partial charge on any atom is -0.507 e. The molecule has 1 saturated heterocycles. The van der Waals surface area contributed by atoms with Crippen molar-refractivity contribution in [1.82, 2.24) is 4.98 Å². The standard InChI is InChI=1S/C24H18Cl2N2O6/c1-33-18-10-19(34-2)15(26)9-14(18)22(30)20-21(12-4-3-7-27-11-12)28(24(32)23(20)31)16-8-13(25)5-6-17(16)29/h3-11,21,29-30H,1-2H3/b22-20+. The lowest BCUT2D eigenvalue weighted by atomic mass is 9.95. The fourth-order valence-corrected chi connectivity index (χ4v) is 4.22. The molecule has 10 heteroatoms. The number of phenols is 1. The zero-order valence-electron chi connectivity index (χ0n) is 18.0. The Morgan fingerprint density at radius 2 is 1.79 bits per heavy atom. The molecular formula is C24H18Cl2N2O6. The Kier molecular flexibility index (Phi) is 6.37. The van der Waals surface area contributed by atoms with Gasteiger partial charge in [-0.1, -0.05) is 29.3 Å². The molecule has 1 aromatic heterocycles. The van der Waals surface area contributed by atoms with Crippen molar-refractivity contribution >= 4 is 46.3 Å². The third-order valence-corrected chi connectivity index (χ3v) is 5.90. The van der Waals surface area contributed by atoms with Crippen LogP contribution in [0.5, 0.6) is 17.2 Å². The summed E-state index contributed by atoms with van der Waals surface area (Å²) in [5.74, 6) is -2.27. The molecule has 1 amide bonds. The van der Waals surface area contributed by atoms with E-state index in [0.29, 0.717) is 11.3 Å². The highest BCUT2D eigenvalue weighted by molar-refractivity contribution is 6.52. The summed E-state index contributed by atoms with van der Waals surface area (Å²) in [5, 5.41) is 22.2. The number of nitrogens with zero attached hydrogens (tertiary/aromatic N) is 2. The molecule has 3 aromatic rings. The maximum absolute atomic E-state index is 13.2. The van der Waals surface area contributed by atoms with E-state index in [1.54, 1.807) is 12.1 Å². The summed E-state index contributed by atoms with van der Waals surface area (Å²) >= 11 is 12.4. The molecule has 1 aliphatic rings. The Morgan fingerprint density at radius 1 is 1.06 bits per heavy atom. The van der Waals surface area contributed by atoms with Gasteiger partial charge in [0, 0.05) is 23.5 Å². The molecule has 8 nitrogen and oxygen atoms in total. The number of aliphatic hydroxyl groups is 1. The molecule has 174 valence electrons. The lowest BCUT2D eigenvalue weighted by molar-refractivity contribution is -0.132. The number of pyridine rings is 1. The fourth-order valence-electron chi connectivity index (χ4n) is 3.81. The lowest BCUT2D eigenvalue weighted by Gasteiger charge is -2.26. The van der Waals surface area contributed by atoms with E-state index in [2.05, 4.69) is 4.98 Å². The monoisotopic (exact) mass is 500 g/mol. The van der Waals surface area contributed by atoms with Crippen LogP contribution in [0.25, 0.3) is 5.76 Å². The molecule has 0 bridgehead atoms. The first kappa shape index (κ1) is 23.4. The topological polar surface area (TPSA) is 109 Å². The smallest absolute Gasteiger partial charge is 0.300 e. The Labute approximate surface area is 204 Å². The molecule has 1 aliphatic heterocycles. The number of aromatic nitrogens is 1. The molecule has 2 N–H and O–H groups in total. The van der Waals surface area contributed by atoms with Gasteiger partial charge in [-0.05, 0) is 35.9 Å². The van der Waals surface area contributed by atoms with Gasteiger partial charge in [-0.25, -0.2) is 0 Å². The van der Waals surface area contributed by atoms with Gasteiger partial charge >= 0.3 is 0 Å². The van der Waals surface area contributed by atoms with Crippen LogP contribution in [0.2, 0.25) is 10.0 Å². The van der Waals surface area contributed by atoms with Crippen LogP contribution >= 0.6 is 23.2 Å². The highest BCUT2D eigenvalue weighted by Crippen LogP contribution is 2.46. The second-order valence-electron chi connectivity index (χ2n) is 7.28. The Balaban J connectivity index is 2.01. The van der Waals surface area contributed by atoms with Crippen molar-refractivity contribution in [3.05, 3.63) is 81.6 Å². The molecule has 34 heavy (non-hydrogen) atoms. The molecule has 1 fully saturated rings. The van der Waals surface area contributed by atoms with E-state index >= 15 is 0 Å². The van der Waals surface area contributed by atoms with E-state index in [1.165, 1.54) is 56.9 Å². The quantitative estimate of drug-likeness (QED) is 0.295. The number of aliphatic hydroxyl groups excluding tert-OH is 1. The highest BCUT2D eigenvalue weighted by atomic mass is 35.5. The van der Waals surface area contributed by atoms with E-state index in [9.17, 15) is 19.8 Å². The van der Waals surface area contributed by atoms with Crippen LogP contribution in [0.4, 0.5) is 5.69 Å². The van der Waals surface area contributed by atoms with E-state index in [4.69, 9.17) is 32.7 Å². The van der Waals surface area contributed by atoms with Gasteiger partial charge in [0.25, 0.3) is 11.7 Å². The number of carbonyl (C=O) groups is 2. The Bertz CT molecular complexity index is 1330. The molecule has 4 rings (SSSR count). The normalized spacial score (nSPS) is 17.2. The van der Waals surface area contributed by atoms with Crippen molar-refractivity contribution in [2.45, 2.75) is 6.04 Å². The van der Waals surface area contributed by atoms with Crippen molar-refractivity contribution in [3.8, 4) is 17.2 Å². The van der Waals surface area contributed by atoms with Gasteiger partial charge in [-0.2, -0.15) is 0 Å².